The van der Waals surface area contributed by atoms with E-state index >= 15 is 0 Å². The van der Waals surface area contributed by atoms with E-state index in [4.69, 9.17) is 0 Å². The van der Waals surface area contributed by atoms with E-state index in [-0.39, 0.29) is 19.5 Å². The Balaban J connectivity index is 0.000000980. The predicted octanol–water partition coefficient (Wildman–Crippen LogP) is 4.01. The molecule has 1 heterocycles. The van der Waals surface area contributed by atoms with Crippen molar-refractivity contribution in [3.8, 4) is 10.4 Å². The molecular weight excluding hydrogens is 262 g/mol. The van der Waals surface area contributed by atoms with Crippen molar-refractivity contribution in [3.05, 3.63) is 41.3 Å². The molecule has 0 bridgehead atoms. The van der Waals surface area contributed by atoms with Crippen molar-refractivity contribution in [2.45, 2.75) is 11.8 Å². The molecule has 3 heteroatoms. The second-order valence-electron chi connectivity index (χ2n) is 3.01. The van der Waals surface area contributed by atoms with Gasteiger partial charge in [-0.1, -0.05) is 18.2 Å². The van der Waals surface area contributed by atoms with Crippen molar-refractivity contribution in [2.75, 3.05) is 0 Å². The summed E-state index contributed by atoms with van der Waals surface area (Å²) in [4.78, 5) is 2.34. The van der Waals surface area contributed by atoms with E-state index < -0.39 is 0 Å². The van der Waals surface area contributed by atoms with Crippen LogP contribution in [0.15, 0.2) is 40.6 Å². The van der Waals surface area contributed by atoms with Gasteiger partial charge in [0.15, 0.2) is 0 Å². The number of hydrogen-bond acceptors (Lipinski definition) is 2. The van der Waals surface area contributed by atoms with Crippen molar-refractivity contribution in [3.63, 3.8) is 0 Å². The van der Waals surface area contributed by atoms with E-state index in [9.17, 15) is 0 Å². The SMILES string of the molecule is Cc1csc(-c2ccccc2S)c1.[Zn]. The van der Waals surface area contributed by atoms with Gasteiger partial charge in [-0.05, 0) is 30.0 Å². The Morgan fingerprint density at radius 3 is 2.50 bits per heavy atom. The summed E-state index contributed by atoms with van der Waals surface area (Å²) < 4.78 is 0. The van der Waals surface area contributed by atoms with Gasteiger partial charge in [0.2, 0.25) is 0 Å². The minimum absolute atomic E-state index is 0. The smallest absolute Gasteiger partial charge is 0.0356 e. The average Bonchev–Trinajstić information content (AvgIpc) is 2.53. The van der Waals surface area contributed by atoms with E-state index in [0.717, 1.165) is 4.90 Å². The maximum atomic E-state index is 4.43. The van der Waals surface area contributed by atoms with Crippen LogP contribution in [0.5, 0.6) is 0 Å². The van der Waals surface area contributed by atoms with Gasteiger partial charge in [0.25, 0.3) is 0 Å². The van der Waals surface area contributed by atoms with E-state index in [1.807, 2.05) is 18.2 Å². The van der Waals surface area contributed by atoms with E-state index in [0.29, 0.717) is 0 Å². The molecule has 14 heavy (non-hydrogen) atoms. The van der Waals surface area contributed by atoms with Gasteiger partial charge in [0.1, 0.15) is 0 Å². The zero-order valence-corrected chi connectivity index (χ0v) is 12.7. The molecule has 0 saturated heterocycles. The molecule has 0 nitrogen and oxygen atoms in total. The number of thiol groups is 1. The van der Waals surface area contributed by atoms with Crippen LogP contribution in [0.2, 0.25) is 0 Å². The number of benzene rings is 1. The van der Waals surface area contributed by atoms with Crippen LogP contribution >= 0.6 is 24.0 Å². The third-order valence-electron chi connectivity index (χ3n) is 1.90. The summed E-state index contributed by atoms with van der Waals surface area (Å²) in [6.07, 6.45) is 0. The van der Waals surface area contributed by atoms with Crippen LogP contribution in [0.3, 0.4) is 0 Å². The maximum Gasteiger partial charge on any atom is 0.0356 e. The van der Waals surface area contributed by atoms with Crippen LogP contribution < -0.4 is 0 Å². The van der Waals surface area contributed by atoms with Crippen LogP contribution in [0.1, 0.15) is 5.56 Å². The van der Waals surface area contributed by atoms with E-state index in [1.54, 1.807) is 11.3 Å². The fourth-order valence-corrected chi connectivity index (χ4v) is 2.55. The fraction of sp³-hybridized carbons (Fsp3) is 0.0909. The Labute approximate surface area is 107 Å². The Bertz CT molecular complexity index is 421. The summed E-state index contributed by atoms with van der Waals surface area (Å²) in [6.45, 7) is 2.11. The minimum Gasteiger partial charge on any atom is -0.144 e. The first kappa shape index (κ1) is 12.0. The predicted molar refractivity (Wildman–Crippen MR) is 61.7 cm³/mol. The van der Waals surface area contributed by atoms with Gasteiger partial charge >= 0.3 is 0 Å². The summed E-state index contributed by atoms with van der Waals surface area (Å²) >= 11 is 6.19. The van der Waals surface area contributed by atoms with Gasteiger partial charge in [0.05, 0.1) is 0 Å². The zero-order chi connectivity index (χ0) is 9.26. The number of aryl methyl sites for hydroxylation is 1. The van der Waals surface area contributed by atoms with Crippen molar-refractivity contribution in [1.29, 1.82) is 0 Å². The fourth-order valence-electron chi connectivity index (χ4n) is 1.25. The average molecular weight is 272 g/mol. The molecule has 0 aliphatic rings. The van der Waals surface area contributed by atoms with Crippen molar-refractivity contribution < 1.29 is 19.5 Å². The molecule has 0 N–H and O–H groups in total. The molecule has 0 radical (unpaired) electrons. The summed E-state index contributed by atoms with van der Waals surface area (Å²) in [5.74, 6) is 0. The van der Waals surface area contributed by atoms with Crippen LogP contribution in [0.4, 0.5) is 0 Å². The Morgan fingerprint density at radius 1 is 1.21 bits per heavy atom. The summed E-state index contributed by atoms with van der Waals surface area (Å²) in [7, 11) is 0. The maximum absolute atomic E-state index is 4.43. The summed E-state index contributed by atoms with van der Waals surface area (Å²) in [5, 5.41) is 2.16. The molecule has 0 aliphatic carbocycles. The molecular formula is C11H10S2Zn. The molecule has 0 unspecified atom stereocenters. The second kappa shape index (κ2) is 5.11. The van der Waals surface area contributed by atoms with Crippen LogP contribution in [-0.2, 0) is 19.5 Å². The van der Waals surface area contributed by atoms with Gasteiger partial charge in [0, 0.05) is 34.8 Å². The van der Waals surface area contributed by atoms with Gasteiger partial charge in [-0.25, -0.2) is 0 Å². The molecule has 2 aromatic rings. The molecule has 1 aromatic heterocycles. The third-order valence-corrected chi connectivity index (χ3v) is 3.37. The molecule has 68 valence electrons. The zero-order valence-electron chi connectivity index (χ0n) is 8.03. The van der Waals surface area contributed by atoms with Gasteiger partial charge in [-0.15, -0.1) is 24.0 Å². The monoisotopic (exact) mass is 270 g/mol. The largest absolute Gasteiger partial charge is 0.144 e. The minimum atomic E-state index is 0. The molecule has 1 aromatic carbocycles. The second-order valence-corrected chi connectivity index (χ2v) is 4.40. The van der Waals surface area contributed by atoms with Gasteiger partial charge in [-0.3, -0.25) is 0 Å². The normalized spacial score (nSPS) is 9.57. The first-order valence-corrected chi connectivity index (χ1v) is 5.43. The van der Waals surface area contributed by atoms with E-state index in [1.165, 1.54) is 16.0 Å². The summed E-state index contributed by atoms with van der Waals surface area (Å²) in [5.41, 5.74) is 2.54. The number of thiophene rings is 1. The van der Waals surface area contributed by atoms with Gasteiger partial charge in [-0.2, -0.15) is 0 Å². The molecule has 0 aliphatic heterocycles. The van der Waals surface area contributed by atoms with Crippen LogP contribution in [0.25, 0.3) is 10.4 Å². The molecule has 0 saturated carbocycles. The molecule has 2 rings (SSSR count). The first-order chi connectivity index (χ1) is 6.27. The third kappa shape index (κ3) is 2.47. The summed E-state index contributed by atoms with van der Waals surface area (Å²) in [6, 6.07) is 10.4. The van der Waals surface area contributed by atoms with Crippen LogP contribution in [-0.4, -0.2) is 0 Å². The molecule has 0 amide bonds. The topological polar surface area (TPSA) is 0 Å². The molecule has 0 atom stereocenters. The van der Waals surface area contributed by atoms with Crippen molar-refractivity contribution >= 4 is 24.0 Å². The Kier molecular flexibility index (Phi) is 4.37. The quantitative estimate of drug-likeness (QED) is 0.588. The van der Waals surface area contributed by atoms with Gasteiger partial charge < -0.3 is 0 Å². The van der Waals surface area contributed by atoms with E-state index in [2.05, 4.69) is 37.1 Å². The first-order valence-electron chi connectivity index (χ1n) is 4.11. The molecule has 0 fully saturated rings. The number of rotatable bonds is 1. The number of hydrogen-bond donors (Lipinski definition) is 1. The standard InChI is InChI=1S/C11H10S2.Zn/c1-8-6-11(13-7-8)9-4-2-3-5-10(9)12;/h2-7,12H,1H3;. The Morgan fingerprint density at radius 2 is 1.93 bits per heavy atom. The van der Waals surface area contributed by atoms with Crippen molar-refractivity contribution in [2.24, 2.45) is 0 Å². The van der Waals surface area contributed by atoms with Crippen molar-refractivity contribution in [1.82, 2.24) is 0 Å². The Hall–Kier alpha value is -0.107. The van der Waals surface area contributed by atoms with Crippen LogP contribution in [0, 0.1) is 6.92 Å². The molecule has 0 spiro atoms.